The Hall–Kier alpha value is -1.81. The summed E-state index contributed by atoms with van der Waals surface area (Å²) in [5.74, 6) is -1.55. The van der Waals surface area contributed by atoms with Crippen LogP contribution in [0.15, 0.2) is 6.07 Å². The highest BCUT2D eigenvalue weighted by molar-refractivity contribution is 5.85. The molecule has 1 saturated heterocycles. The van der Waals surface area contributed by atoms with Crippen LogP contribution in [0.3, 0.4) is 0 Å². The summed E-state index contributed by atoms with van der Waals surface area (Å²) < 4.78 is 63.5. The fourth-order valence-corrected chi connectivity index (χ4v) is 3.25. The number of hydrogen-bond donors (Lipinski definition) is 1. The molecular formula is C18H24ClF4N3O3. The molecule has 0 unspecified atom stereocenters. The summed E-state index contributed by atoms with van der Waals surface area (Å²) in [5, 5.41) is 3.10. The first kappa shape index (κ1) is 23.5. The predicted octanol–water partition coefficient (Wildman–Crippen LogP) is 3.08. The number of pyridine rings is 1. The van der Waals surface area contributed by atoms with E-state index in [1.807, 2.05) is 0 Å². The van der Waals surface area contributed by atoms with Crippen LogP contribution in [0.5, 0.6) is 11.8 Å². The second-order valence-corrected chi connectivity index (χ2v) is 7.35. The van der Waals surface area contributed by atoms with Crippen molar-refractivity contribution in [2.75, 3.05) is 27.3 Å². The molecule has 29 heavy (non-hydrogen) atoms. The van der Waals surface area contributed by atoms with Crippen molar-refractivity contribution in [3.8, 4) is 11.8 Å². The lowest BCUT2D eigenvalue weighted by atomic mass is 10.1. The van der Waals surface area contributed by atoms with Crippen molar-refractivity contribution >= 4 is 18.3 Å². The van der Waals surface area contributed by atoms with Gasteiger partial charge in [-0.1, -0.05) is 0 Å². The Bertz CT molecular complexity index is 738. The molecule has 164 valence electrons. The first-order valence-corrected chi connectivity index (χ1v) is 9.08. The Labute approximate surface area is 172 Å². The molecule has 1 atom stereocenters. The fraction of sp³-hybridized carbons (Fsp3) is 0.667. The highest BCUT2D eigenvalue weighted by Gasteiger charge is 2.64. The van der Waals surface area contributed by atoms with Crippen molar-refractivity contribution in [3.63, 3.8) is 0 Å². The maximum Gasteiger partial charge on any atom is 0.397 e. The third-order valence-electron chi connectivity index (χ3n) is 5.26. The molecule has 1 aliphatic heterocycles. The Morgan fingerprint density at radius 2 is 2.07 bits per heavy atom. The zero-order chi connectivity index (χ0) is 20.5. The first-order chi connectivity index (χ1) is 13.2. The van der Waals surface area contributed by atoms with Gasteiger partial charge in [-0.15, -0.1) is 12.4 Å². The second-order valence-electron chi connectivity index (χ2n) is 7.35. The molecule has 6 nitrogen and oxygen atoms in total. The number of likely N-dealkylation sites (N-methyl/N-ethyl adjacent to an activating group) is 1. The van der Waals surface area contributed by atoms with E-state index in [4.69, 9.17) is 9.47 Å². The topological polar surface area (TPSA) is 63.7 Å². The smallest absolute Gasteiger partial charge is 0.397 e. The van der Waals surface area contributed by atoms with Gasteiger partial charge in [0, 0.05) is 12.6 Å². The van der Waals surface area contributed by atoms with Gasteiger partial charge in [0.2, 0.25) is 11.8 Å². The molecule has 1 aromatic heterocycles. The molecule has 3 rings (SSSR count). The summed E-state index contributed by atoms with van der Waals surface area (Å²) in [4.78, 5) is 17.7. The maximum absolute atomic E-state index is 14.4. The van der Waals surface area contributed by atoms with Crippen LogP contribution in [0.2, 0.25) is 0 Å². The van der Waals surface area contributed by atoms with Gasteiger partial charge in [0.15, 0.2) is 5.82 Å². The fourth-order valence-electron chi connectivity index (χ4n) is 3.25. The van der Waals surface area contributed by atoms with Crippen LogP contribution in [0.1, 0.15) is 31.2 Å². The Morgan fingerprint density at radius 1 is 1.38 bits per heavy atom. The second kappa shape index (κ2) is 8.91. The zero-order valence-electron chi connectivity index (χ0n) is 16.1. The molecule has 2 aliphatic rings. The van der Waals surface area contributed by atoms with E-state index >= 15 is 0 Å². The van der Waals surface area contributed by atoms with Gasteiger partial charge in [-0.25, -0.2) is 4.39 Å². The van der Waals surface area contributed by atoms with Gasteiger partial charge in [0.05, 0.1) is 19.7 Å². The molecule has 1 N–H and O–H groups in total. The quantitative estimate of drug-likeness (QED) is 0.659. The average Bonchev–Trinajstić information content (AvgIpc) is 3.25. The van der Waals surface area contributed by atoms with Crippen LogP contribution in [-0.4, -0.2) is 55.3 Å². The number of nitrogens with one attached hydrogen (secondary N) is 1. The summed E-state index contributed by atoms with van der Waals surface area (Å²) in [6, 6.07) is 0.814. The van der Waals surface area contributed by atoms with Gasteiger partial charge in [-0.05, 0) is 38.3 Å². The third-order valence-corrected chi connectivity index (χ3v) is 5.26. The van der Waals surface area contributed by atoms with Gasteiger partial charge in [0.25, 0.3) is 5.88 Å². The number of carbonyl (C=O) groups is 1. The molecule has 0 spiro atoms. The third kappa shape index (κ3) is 5.03. The van der Waals surface area contributed by atoms with Crippen LogP contribution < -0.4 is 14.8 Å². The van der Waals surface area contributed by atoms with Crippen molar-refractivity contribution in [3.05, 3.63) is 17.4 Å². The SMILES string of the molecule is COc1nc(OCC2(C(F)(F)F)CC2)c(F)cc1CN(C)C(=O)[C@@H]1CCCN1.Cl. The summed E-state index contributed by atoms with van der Waals surface area (Å²) in [7, 11) is 2.90. The number of methoxy groups -OCH3 is 1. The van der Waals surface area contributed by atoms with Gasteiger partial charge in [-0.2, -0.15) is 18.2 Å². The van der Waals surface area contributed by atoms with E-state index < -0.39 is 29.9 Å². The number of nitrogens with zero attached hydrogens (tertiary/aromatic N) is 2. The molecular weight excluding hydrogens is 418 g/mol. The highest BCUT2D eigenvalue weighted by atomic mass is 35.5. The standard InChI is InChI=1S/C18H23F4N3O3.ClH/c1-25(16(26)13-4-3-7-23-13)9-11-8-12(19)15(24-14(11)27-2)28-10-17(5-6-17)18(20,21)22;/h8,13,23H,3-7,9-10H2,1-2H3;1H/t13-;/m0./s1. The number of aromatic nitrogens is 1. The lowest BCUT2D eigenvalue weighted by molar-refractivity contribution is -0.194. The Balaban J connectivity index is 0.00000300. The van der Waals surface area contributed by atoms with Gasteiger partial charge >= 0.3 is 6.18 Å². The van der Waals surface area contributed by atoms with Gasteiger partial charge in [0.1, 0.15) is 12.0 Å². The minimum Gasteiger partial charge on any atom is -0.481 e. The molecule has 11 heteroatoms. The number of amides is 1. The molecule has 1 amide bonds. The van der Waals surface area contributed by atoms with Crippen molar-refractivity contribution in [1.29, 1.82) is 0 Å². The summed E-state index contributed by atoms with van der Waals surface area (Å²) in [5.41, 5.74) is -1.62. The lowest BCUT2D eigenvalue weighted by Crippen LogP contribution is -2.41. The lowest BCUT2D eigenvalue weighted by Gasteiger charge is -2.23. The van der Waals surface area contributed by atoms with Gasteiger partial charge in [-0.3, -0.25) is 4.79 Å². The number of ether oxygens (including phenoxy) is 2. The molecule has 0 bridgehead atoms. The van der Waals surface area contributed by atoms with E-state index in [1.165, 1.54) is 12.0 Å². The van der Waals surface area contributed by atoms with Crippen LogP contribution in [0, 0.1) is 11.2 Å². The molecule has 0 radical (unpaired) electrons. The Kier molecular flexibility index (Phi) is 7.21. The predicted molar refractivity (Wildman–Crippen MR) is 98.7 cm³/mol. The van der Waals surface area contributed by atoms with Crippen LogP contribution >= 0.6 is 12.4 Å². The van der Waals surface area contributed by atoms with Crippen molar-refractivity contribution in [2.24, 2.45) is 5.41 Å². The minimum atomic E-state index is -4.40. The largest absolute Gasteiger partial charge is 0.481 e. The van der Waals surface area contributed by atoms with Crippen LogP contribution in [0.25, 0.3) is 0 Å². The molecule has 1 saturated carbocycles. The Morgan fingerprint density at radius 3 is 2.59 bits per heavy atom. The number of rotatable bonds is 7. The monoisotopic (exact) mass is 441 g/mol. The van der Waals surface area contributed by atoms with E-state index in [1.54, 1.807) is 7.05 Å². The maximum atomic E-state index is 14.4. The zero-order valence-corrected chi connectivity index (χ0v) is 17.0. The summed E-state index contributed by atoms with van der Waals surface area (Å²) in [6.45, 7) is 0.140. The van der Waals surface area contributed by atoms with Gasteiger partial charge < -0.3 is 19.7 Å². The number of alkyl halides is 3. The van der Waals surface area contributed by atoms with E-state index in [0.29, 0.717) is 5.56 Å². The normalized spacial score (nSPS) is 20.0. The highest BCUT2D eigenvalue weighted by Crippen LogP contribution is 2.57. The first-order valence-electron chi connectivity index (χ1n) is 9.08. The van der Waals surface area contributed by atoms with Crippen LogP contribution in [0.4, 0.5) is 17.6 Å². The number of hydrogen-bond acceptors (Lipinski definition) is 5. The number of halogens is 5. The van der Waals surface area contributed by atoms with Crippen molar-refractivity contribution in [1.82, 2.24) is 15.2 Å². The minimum absolute atomic E-state index is 0. The molecule has 2 heterocycles. The van der Waals surface area contributed by atoms with E-state index in [2.05, 4.69) is 10.3 Å². The molecule has 0 aromatic carbocycles. The summed E-state index contributed by atoms with van der Waals surface area (Å²) >= 11 is 0. The molecule has 2 fully saturated rings. The van der Waals surface area contributed by atoms with E-state index in [-0.39, 0.29) is 49.6 Å². The van der Waals surface area contributed by atoms with Crippen molar-refractivity contribution in [2.45, 2.75) is 44.4 Å². The summed E-state index contributed by atoms with van der Waals surface area (Å²) in [6.07, 6.45) is -2.84. The number of carbonyl (C=O) groups excluding carboxylic acids is 1. The van der Waals surface area contributed by atoms with E-state index in [0.717, 1.165) is 25.5 Å². The van der Waals surface area contributed by atoms with Crippen molar-refractivity contribution < 1.29 is 31.8 Å². The average molecular weight is 442 g/mol. The molecule has 1 aromatic rings. The van der Waals surface area contributed by atoms with E-state index in [9.17, 15) is 22.4 Å². The van der Waals surface area contributed by atoms with Crippen LogP contribution in [-0.2, 0) is 11.3 Å². The molecule has 1 aliphatic carbocycles.